The number of fused-ring (bicyclic) bond motifs is 1. The molecule has 0 aliphatic carbocycles. The third kappa shape index (κ3) is 1.61. The predicted octanol–water partition coefficient (Wildman–Crippen LogP) is 2.62. The van der Waals surface area contributed by atoms with E-state index in [1.165, 1.54) is 5.56 Å². The number of benzene rings is 2. The quantitative estimate of drug-likeness (QED) is 0.811. The lowest BCUT2D eigenvalue weighted by Crippen LogP contribution is -2.49. The van der Waals surface area contributed by atoms with Gasteiger partial charge in [0, 0.05) is 0 Å². The van der Waals surface area contributed by atoms with Crippen LogP contribution in [0.4, 0.5) is 0 Å². The van der Waals surface area contributed by atoms with Gasteiger partial charge in [0.1, 0.15) is 0 Å². The van der Waals surface area contributed by atoms with Crippen LogP contribution in [0.1, 0.15) is 23.6 Å². The van der Waals surface area contributed by atoms with Crippen LogP contribution in [0.25, 0.3) is 0 Å². The Labute approximate surface area is 107 Å². The lowest BCUT2D eigenvalue weighted by molar-refractivity contribution is -0.122. The van der Waals surface area contributed by atoms with Crippen LogP contribution in [0.15, 0.2) is 54.6 Å². The number of rotatable bonds is 1. The highest BCUT2D eigenvalue weighted by atomic mass is 16.1. The molecule has 1 amide bonds. The third-order valence-electron chi connectivity index (χ3n) is 3.65. The Morgan fingerprint density at radius 2 is 1.67 bits per heavy atom. The minimum absolute atomic E-state index is 0.0834. The van der Waals surface area contributed by atoms with E-state index < -0.39 is 5.54 Å². The molecule has 1 heterocycles. The van der Waals surface area contributed by atoms with E-state index in [2.05, 4.69) is 30.4 Å². The lowest BCUT2D eigenvalue weighted by atomic mass is 9.78. The van der Waals surface area contributed by atoms with Crippen LogP contribution in [0.2, 0.25) is 0 Å². The van der Waals surface area contributed by atoms with Crippen molar-refractivity contribution in [2.24, 2.45) is 0 Å². The summed E-state index contributed by atoms with van der Waals surface area (Å²) in [5, 5.41) is 3.13. The zero-order chi connectivity index (χ0) is 12.6. The zero-order valence-corrected chi connectivity index (χ0v) is 10.3. The van der Waals surface area contributed by atoms with Crippen molar-refractivity contribution in [3.63, 3.8) is 0 Å². The molecule has 0 fully saturated rings. The van der Waals surface area contributed by atoms with Crippen molar-refractivity contribution in [2.75, 3.05) is 0 Å². The summed E-state index contributed by atoms with van der Waals surface area (Å²) in [5.74, 6) is 0.0834. The topological polar surface area (TPSA) is 29.1 Å². The number of carbonyl (C=O) groups is 1. The van der Waals surface area contributed by atoms with E-state index in [1.807, 2.05) is 36.4 Å². The smallest absolute Gasteiger partial charge is 0.225 e. The fourth-order valence-electron chi connectivity index (χ4n) is 2.72. The summed E-state index contributed by atoms with van der Waals surface area (Å²) >= 11 is 0. The van der Waals surface area contributed by atoms with E-state index in [4.69, 9.17) is 0 Å². The van der Waals surface area contributed by atoms with Crippen LogP contribution in [-0.4, -0.2) is 5.91 Å². The summed E-state index contributed by atoms with van der Waals surface area (Å²) in [6.45, 7) is 2.07. The van der Waals surface area contributed by atoms with Crippen LogP contribution in [0.5, 0.6) is 0 Å². The summed E-state index contributed by atoms with van der Waals surface area (Å²) in [6.07, 6.45) is 0.471. The molecule has 3 rings (SSSR count). The number of nitrogens with one attached hydrogen (secondary N) is 1. The van der Waals surface area contributed by atoms with E-state index in [0.29, 0.717) is 6.42 Å². The fourth-order valence-corrected chi connectivity index (χ4v) is 2.72. The summed E-state index contributed by atoms with van der Waals surface area (Å²) < 4.78 is 0. The molecule has 0 radical (unpaired) electrons. The Morgan fingerprint density at radius 1 is 1.00 bits per heavy atom. The normalized spacial score (nSPS) is 22.2. The molecule has 90 valence electrons. The minimum atomic E-state index is -0.423. The minimum Gasteiger partial charge on any atom is -0.342 e. The van der Waals surface area contributed by atoms with Gasteiger partial charge >= 0.3 is 0 Å². The summed E-state index contributed by atoms with van der Waals surface area (Å²) in [5.41, 5.74) is 3.00. The molecule has 2 aromatic rings. The van der Waals surface area contributed by atoms with Crippen molar-refractivity contribution in [1.29, 1.82) is 0 Å². The zero-order valence-electron chi connectivity index (χ0n) is 10.3. The largest absolute Gasteiger partial charge is 0.342 e. The van der Waals surface area contributed by atoms with Crippen molar-refractivity contribution >= 4 is 5.91 Å². The third-order valence-corrected chi connectivity index (χ3v) is 3.65. The number of carbonyl (C=O) groups excluding carboxylic acids is 1. The summed E-state index contributed by atoms with van der Waals surface area (Å²) in [4.78, 5) is 11.9. The molecule has 0 saturated carbocycles. The second kappa shape index (κ2) is 3.98. The molecule has 1 aliphatic heterocycles. The van der Waals surface area contributed by atoms with Gasteiger partial charge in [-0.1, -0.05) is 54.6 Å². The molecule has 2 nitrogen and oxygen atoms in total. The first-order valence-electron chi connectivity index (χ1n) is 6.15. The first kappa shape index (κ1) is 11.0. The molecule has 0 saturated heterocycles. The molecule has 2 aromatic carbocycles. The molecule has 0 bridgehead atoms. The predicted molar refractivity (Wildman–Crippen MR) is 71.2 cm³/mol. The number of hydrogen-bond acceptors (Lipinski definition) is 1. The lowest BCUT2D eigenvalue weighted by Gasteiger charge is -2.37. The molecular formula is C16H15NO. The van der Waals surface area contributed by atoms with Crippen molar-refractivity contribution in [2.45, 2.75) is 18.9 Å². The van der Waals surface area contributed by atoms with Gasteiger partial charge in [-0.3, -0.25) is 4.79 Å². The highest BCUT2D eigenvalue weighted by Gasteiger charge is 2.36. The van der Waals surface area contributed by atoms with E-state index >= 15 is 0 Å². The van der Waals surface area contributed by atoms with Crippen LogP contribution in [0.3, 0.4) is 0 Å². The number of hydrogen-bond donors (Lipinski definition) is 1. The van der Waals surface area contributed by atoms with Gasteiger partial charge in [0.05, 0.1) is 12.0 Å². The average molecular weight is 237 g/mol. The Balaban J connectivity index is 2.21. The Morgan fingerprint density at radius 3 is 2.44 bits per heavy atom. The number of amides is 1. The molecule has 0 aromatic heterocycles. The van der Waals surface area contributed by atoms with Crippen molar-refractivity contribution in [3.05, 3.63) is 71.3 Å². The van der Waals surface area contributed by atoms with Crippen molar-refractivity contribution < 1.29 is 4.79 Å². The van der Waals surface area contributed by atoms with Gasteiger partial charge < -0.3 is 5.32 Å². The molecule has 2 heteroatoms. The Kier molecular flexibility index (Phi) is 2.44. The second-order valence-electron chi connectivity index (χ2n) is 4.87. The summed E-state index contributed by atoms with van der Waals surface area (Å²) in [7, 11) is 0. The molecule has 0 unspecified atom stereocenters. The van der Waals surface area contributed by atoms with E-state index in [1.54, 1.807) is 0 Å². The van der Waals surface area contributed by atoms with Gasteiger partial charge in [-0.2, -0.15) is 0 Å². The second-order valence-corrected chi connectivity index (χ2v) is 4.87. The molecule has 1 N–H and O–H groups in total. The molecule has 1 atom stereocenters. The van der Waals surface area contributed by atoms with Crippen molar-refractivity contribution in [1.82, 2.24) is 5.32 Å². The SMILES string of the molecule is C[C@@]1(c2ccccc2)NC(=O)Cc2ccccc21. The maximum atomic E-state index is 11.9. The van der Waals surface area contributed by atoms with E-state index in [-0.39, 0.29) is 5.91 Å². The Hall–Kier alpha value is -2.09. The Bertz CT molecular complexity index is 591. The van der Waals surface area contributed by atoms with E-state index in [9.17, 15) is 4.79 Å². The van der Waals surface area contributed by atoms with Crippen LogP contribution < -0.4 is 5.32 Å². The van der Waals surface area contributed by atoms with Gasteiger partial charge in [0.25, 0.3) is 0 Å². The van der Waals surface area contributed by atoms with Crippen LogP contribution in [0, 0.1) is 0 Å². The van der Waals surface area contributed by atoms with Gasteiger partial charge in [0.15, 0.2) is 0 Å². The maximum absolute atomic E-state index is 11.9. The molecule has 18 heavy (non-hydrogen) atoms. The maximum Gasteiger partial charge on any atom is 0.225 e. The molecule has 0 spiro atoms. The summed E-state index contributed by atoms with van der Waals surface area (Å²) in [6, 6.07) is 18.3. The van der Waals surface area contributed by atoms with Gasteiger partial charge in [-0.15, -0.1) is 0 Å². The van der Waals surface area contributed by atoms with Gasteiger partial charge in [0.2, 0.25) is 5.91 Å². The standard InChI is InChI=1S/C16H15NO/c1-16(13-8-3-2-4-9-13)14-10-6-5-7-12(14)11-15(18)17-16/h2-10H,11H2,1H3,(H,17,18)/t16-/m0/s1. The van der Waals surface area contributed by atoms with E-state index in [0.717, 1.165) is 11.1 Å². The van der Waals surface area contributed by atoms with Crippen LogP contribution in [-0.2, 0) is 16.8 Å². The van der Waals surface area contributed by atoms with Crippen LogP contribution >= 0.6 is 0 Å². The first-order valence-corrected chi connectivity index (χ1v) is 6.15. The van der Waals surface area contributed by atoms with Gasteiger partial charge in [-0.25, -0.2) is 0 Å². The highest BCUT2D eigenvalue weighted by molar-refractivity contribution is 5.83. The average Bonchev–Trinajstić information content (AvgIpc) is 2.39. The fraction of sp³-hybridized carbons (Fsp3) is 0.188. The molecular weight excluding hydrogens is 222 g/mol. The van der Waals surface area contributed by atoms with Gasteiger partial charge in [-0.05, 0) is 23.6 Å². The molecule has 1 aliphatic rings. The van der Waals surface area contributed by atoms with Crippen molar-refractivity contribution in [3.8, 4) is 0 Å². The monoisotopic (exact) mass is 237 g/mol. The highest BCUT2D eigenvalue weighted by Crippen LogP contribution is 2.34. The first-order chi connectivity index (χ1) is 8.70.